The van der Waals surface area contributed by atoms with Crippen LogP contribution in [0.3, 0.4) is 0 Å². The van der Waals surface area contributed by atoms with Crippen molar-refractivity contribution < 1.29 is 4.74 Å². The molecule has 1 atom stereocenters. The fraction of sp³-hybridized carbons (Fsp3) is 0.476. The molecule has 146 valence electrons. The summed E-state index contributed by atoms with van der Waals surface area (Å²) in [5, 5.41) is 5.07. The predicted molar refractivity (Wildman–Crippen MR) is 106 cm³/mol. The molecule has 2 aliphatic rings. The molecule has 0 spiro atoms. The number of nitrogens with one attached hydrogen (secondary N) is 1. The molecule has 1 N–H and O–H groups in total. The normalized spacial score (nSPS) is 21.5. The van der Waals surface area contributed by atoms with E-state index in [1.807, 2.05) is 10.7 Å². The Hall–Kier alpha value is -2.51. The Labute approximate surface area is 163 Å². The van der Waals surface area contributed by atoms with Crippen LogP contribution >= 0.6 is 0 Å². The van der Waals surface area contributed by atoms with E-state index in [4.69, 9.17) is 9.72 Å². The molecule has 2 fully saturated rings. The van der Waals surface area contributed by atoms with Gasteiger partial charge in [0.1, 0.15) is 11.2 Å². The van der Waals surface area contributed by atoms with E-state index < -0.39 is 0 Å². The fourth-order valence-electron chi connectivity index (χ4n) is 4.45. The molecule has 1 aromatic carbocycles. The average molecular weight is 379 g/mol. The monoisotopic (exact) mass is 379 g/mol. The van der Waals surface area contributed by atoms with Crippen molar-refractivity contribution in [1.29, 1.82) is 0 Å². The van der Waals surface area contributed by atoms with Gasteiger partial charge in [0.15, 0.2) is 5.65 Å². The van der Waals surface area contributed by atoms with Gasteiger partial charge in [-0.1, -0.05) is 30.3 Å². The molecule has 2 aromatic heterocycles. The number of likely N-dealkylation sites (tertiary alicyclic amines) is 1. The van der Waals surface area contributed by atoms with Crippen LogP contribution < -0.4 is 5.56 Å². The number of hydrogen-bond donors (Lipinski definition) is 1. The molecule has 5 rings (SSSR count). The second-order valence-corrected chi connectivity index (χ2v) is 7.74. The molecule has 0 radical (unpaired) electrons. The van der Waals surface area contributed by atoms with E-state index in [1.165, 1.54) is 5.56 Å². The summed E-state index contributed by atoms with van der Waals surface area (Å²) in [6.45, 7) is 3.35. The summed E-state index contributed by atoms with van der Waals surface area (Å²) in [5.74, 6) is 0.764. The molecule has 28 heavy (non-hydrogen) atoms. The third kappa shape index (κ3) is 3.25. The molecule has 3 aromatic rings. The first-order chi connectivity index (χ1) is 13.8. The van der Waals surface area contributed by atoms with E-state index in [1.54, 1.807) is 6.20 Å². The molecule has 7 heteroatoms. The Kier molecular flexibility index (Phi) is 4.70. The zero-order valence-electron chi connectivity index (χ0n) is 15.9. The summed E-state index contributed by atoms with van der Waals surface area (Å²) in [6, 6.07) is 10.9. The van der Waals surface area contributed by atoms with E-state index in [2.05, 4.69) is 39.2 Å². The van der Waals surface area contributed by atoms with Crippen LogP contribution in [0.2, 0.25) is 0 Å². The summed E-state index contributed by atoms with van der Waals surface area (Å²) in [7, 11) is 0. The van der Waals surface area contributed by atoms with Gasteiger partial charge in [0.2, 0.25) is 0 Å². The Morgan fingerprint density at radius 3 is 2.79 bits per heavy atom. The molecule has 0 saturated carbocycles. The number of hydrogen-bond acceptors (Lipinski definition) is 5. The van der Waals surface area contributed by atoms with Gasteiger partial charge in [-0.05, 0) is 37.8 Å². The van der Waals surface area contributed by atoms with Crippen LogP contribution in [-0.2, 0) is 11.3 Å². The molecule has 0 amide bonds. The van der Waals surface area contributed by atoms with Gasteiger partial charge in [-0.2, -0.15) is 5.10 Å². The van der Waals surface area contributed by atoms with Crippen LogP contribution in [0.1, 0.15) is 49.2 Å². The molecular weight excluding hydrogens is 354 g/mol. The summed E-state index contributed by atoms with van der Waals surface area (Å²) in [4.78, 5) is 23.1. The fourth-order valence-corrected chi connectivity index (χ4v) is 4.45. The Morgan fingerprint density at radius 1 is 1.14 bits per heavy atom. The summed E-state index contributed by atoms with van der Waals surface area (Å²) in [6.07, 6.45) is 5.58. The van der Waals surface area contributed by atoms with Gasteiger partial charge in [0, 0.05) is 19.8 Å². The summed E-state index contributed by atoms with van der Waals surface area (Å²) in [5.41, 5.74) is 1.90. The smallest absolute Gasteiger partial charge is 0.262 e. The third-order valence-corrected chi connectivity index (χ3v) is 5.93. The van der Waals surface area contributed by atoms with Gasteiger partial charge in [-0.15, -0.1) is 0 Å². The van der Waals surface area contributed by atoms with Crippen molar-refractivity contribution in [3.05, 3.63) is 58.3 Å². The number of aromatic amines is 1. The predicted octanol–water partition coefficient (Wildman–Crippen LogP) is 2.81. The molecular formula is C21H25N5O2. The second kappa shape index (κ2) is 7.48. The molecule has 2 aliphatic heterocycles. The van der Waals surface area contributed by atoms with Crippen molar-refractivity contribution in [3.8, 4) is 0 Å². The quantitative estimate of drug-likeness (QED) is 0.754. The average Bonchev–Trinajstić information content (AvgIpc) is 3.36. The molecule has 4 heterocycles. The van der Waals surface area contributed by atoms with Crippen molar-refractivity contribution in [2.45, 2.75) is 44.3 Å². The zero-order chi connectivity index (χ0) is 18.9. The maximum atomic E-state index is 12.7. The van der Waals surface area contributed by atoms with Crippen LogP contribution in [0.4, 0.5) is 0 Å². The number of benzene rings is 1. The summed E-state index contributed by atoms with van der Waals surface area (Å²) >= 11 is 0. The lowest BCUT2D eigenvalue weighted by molar-refractivity contribution is 0.0673. The molecule has 2 saturated heterocycles. The van der Waals surface area contributed by atoms with Crippen molar-refractivity contribution >= 4 is 11.0 Å². The van der Waals surface area contributed by atoms with Crippen molar-refractivity contribution in [2.24, 2.45) is 0 Å². The van der Waals surface area contributed by atoms with Crippen LogP contribution in [0.15, 0.2) is 41.3 Å². The topological polar surface area (TPSA) is 76.0 Å². The number of aromatic nitrogens is 4. The SMILES string of the molecule is O=c1[nH]c([C@H]2CCCN2Cc2ccccc2)nc2c1cnn2C1CCOCC1. The van der Waals surface area contributed by atoms with E-state index >= 15 is 0 Å². The minimum Gasteiger partial charge on any atom is -0.381 e. The largest absolute Gasteiger partial charge is 0.381 e. The molecule has 0 aliphatic carbocycles. The van der Waals surface area contributed by atoms with Gasteiger partial charge in [-0.25, -0.2) is 9.67 Å². The van der Waals surface area contributed by atoms with Crippen molar-refractivity contribution in [2.75, 3.05) is 19.8 Å². The minimum atomic E-state index is -0.0927. The van der Waals surface area contributed by atoms with Crippen molar-refractivity contribution in [3.63, 3.8) is 0 Å². The third-order valence-electron chi connectivity index (χ3n) is 5.93. The van der Waals surface area contributed by atoms with Gasteiger partial charge in [0.25, 0.3) is 5.56 Å². The number of rotatable bonds is 4. The Morgan fingerprint density at radius 2 is 1.96 bits per heavy atom. The van der Waals surface area contributed by atoms with E-state index in [-0.39, 0.29) is 17.6 Å². The zero-order valence-corrected chi connectivity index (χ0v) is 15.9. The lowest BCUT2D eigenvalue weighted by Gasteiger charge is -2.25. The first-order valence-corrected chi connectivity index (χ1v) is 10.1. The maximum Gasteiger partial charge on any atom is 0.262 e. The highest BCUT2D eigenvalue weighted by atomic mass is 16.5. The van der Waals surface area contributed by atoms with Crippen LogP contribution in [0.5, 0.6) is 0 Å². The van der Waals surface area contributed by atoms with Gasteiger partial charge in [-0.3, -0.25) is 9.69 Å². The first-order valence-electron chi connectivity index (χ1n) is 10.1. The van der Waals surface area contributed by atoms with Crippen LogP contribution in [0, 0.1) is 0 Å². The maximum absolute atomic E-state index is 12.7. The van der Waals surface area contributed by atoms with Gasteiger partial charge >= 0.3 is 0 Å². The molecule has 0 unspecified atom stereocenters. The van der Waals surface area contributed by atoms with Crippen molar-refractivity contribution in [1.82, 2.24) is 24.6 Å². The van der Waals surface area contributed by atoms with Crippen LogP contribution in [0.25, 0.3) is 11.0 Å². The Bertz CT molecular complexity index is 1010. The highest BCUT2D eigenvalue weighted by molar-refractivity contribution is 5.73. The number of nitrogens with zero attached hydrogens (tertiary/aromatic N) is 4. The lowest BCUT2D eigenvalue weighted by Crippen LogP contribution is -2.27. The minimum absolute atomic E-state index is 0.0927. The van der Waals surface area contributed by atoms with Gasteiger partial charge < -0.3 is 9.72 Å². The standard InChI is InChI=1S/C21H25N5O2/c27-21-17-13-22-26(16-8-11-28-12-9-16)20(17)23-19(24-21)18-7-4-10-25(18)14-15-5-2-1-3-6-15/h1-3,5-6,13,16,18H,4,7-12,14H2,(H,23,24,27)/t18-/m1/s1. The van der Waals surface area contributed by atoms with E-state index in [0.717, 1.165) is 57.8 Å². The number of H-pyrrole nitrogens is 1. The molecule has 7 nitrogen and oxygen atoms in total. The second-order valence-electron chi connectivity index (χ2n) is 7.74. The first kappa shape index (κ1) is 17.6. The molecule has 0 bridgehead atoms. The lowest BCUT2D eigenvalue weighted by atomic mass is 10.1. The number of fused-ring (bicyclic) bond motifs is 1. The highest BCUT2D eigenvalue weighted by Crippen LogP contribution is 2.32. The summed E-state index contributed by atoms with van der Waals surface area (Å²) < 4.78 is 7.41. The number of ether oxygens (including phenoxy) is 1. The Balaban J connectivity index is 1.48. The van der Waals surface area contributed by atoms with E-state index in [9.17, 15) is 4.79 Å². The van der Waals surface area contributed by atoms with E-state index in [0.29, 0.717) is 11.0 Å². The van der Waals surface area contributed by atoms with Gasteiger partial charge in [0.05, 0.1) is 18.3 Å². The van der Waals surface area contributed by atoms with Crippen LogP contribution in [-0.4, -0.2) is 44.4 Å². The highest BCUT2D eigenvalue weighted by Gasteiger charge is 2.29.